The Morgan fingerprint density at radius 1 is 1.07 bits per heavy atom. The number of ether oxygens (including phenoxy) is 2. The summed E-state index contributed by atoms with van der Waals surface area (Å²) in [6.07, 6.45) is -3.75. The van der Waals surface area contributed by atoms with E-state index >= 15 is 0 Å². The molecule has 0 fully saturated rings. The summed E-state index contributed by atoms with van der Waals surface area (Å²) in [4.78, 5) is 14.9. The molecule has 28 heavy (non-hydrogen) atoms. The van der Waals surface area contributed by atoms with Gasteiger partial charge in [0.1, 0.15) is 11.5 Å². The maximum Gasteiger partial charge on any atom is 0.419 e. The Morgan fingerprint density at radius 3 is 2.43 bits per heavy atom. The number of rotatable bonds is 4. The molecule has 2 aromatic carbocycles. The third-order valence-corrected chi connectivity index (χ3v) is 4.74. The molecule has 0 spiro atoms. The zero-order chi connectivity index (χ0) is 20.5. The predicted octanol–water partition coefficient (Wildman–Crippen LogP) is 3.96. The van der Waals surface area contributed by atoms with Crippen LogP contribution in [-0.2, 0) is 19.1 Å². The van der Waals surface area contributed by atoms with E-state index in [0.717, 1.165) is 44.3 Å². The number of carbonyl (C=O) groups is 1. The summed E-state index contributed by atoms with van der Waals surface area (Å²) in [7, 11) is 4.43. The van der Waals surface area contributed by atoms with Crippen molar-refractivity contribution in [2.24, 2.45) is 0 Å². The summed E-state index contributed by atoms with van der Waals surface area (Å²) in [5.41, 5.74) is 1.56. The monoisotopic (exact) mass is 394 g/mol. The van der Waals surface area contributed by atoms with Crippen molar-refractivity contribution in [1.29, 1.82) is 0 Å². The fraction of sp³-hybridized carbons (Fsp3) is 0.350. The van der Waals surface area contributed by atoms with Crippen LogP contribution in [0.4, 0.5) is 18.9 Å². The van der Waals surface area contributed by atoms with Gasteiger partial charge in [-0.2, -0.15) is 13.2 Å². The van der Waals surface area contributed by atoms with Crippen molar-refractivity contribution in [2.45, 2.75) is 19.1 Å². The molecule has 5 nitrogen and oxygen atoms in total. The molecule has 3 rings (SSSR count). The molecular formula is C20H21F3N2O3. The highest BCUT2D eigenvalue weighted by Crippen LogP contribution is 2.40. The maximum absolute atomic E-state index is 13.3. The SMILES string of the molecule is COc1cc(OC)c(C(F)(F)F)cc1C(=O)Nc1ccc2c(c1)CN(C)CC2. The lowest BCUT2D eigenvalue weighted by Gasteiger charge is -2.25. The van der Waals surface area contributed by atoms with E-state index in [0.29, 0.717) is 5.69 Å². The average Bonchev–Trinajstić information content (AvgIpc) is 2.65. The van der Waals surface area contributed by atoms with Gasteiger partial charge in [0.2, 0.25) is 0 Å². The number of alkyl halides is 3. The minimum atomic E-state index is -4.66. The van der Waals surface area contributed by atoms with Gasteiger partial charge in [-0.05, 0) is 42.8 Å². The molecule has 1 amide bonds. The quantitative estimate of drug-likeness (QED) is 0.853. The first kappa shape index (κ1) is 20.0. The lowest BCUT2D eigenvalue weighted by molar-refractivity contribution is -0.138. The first-order chi connectivity index (χ1) is 13.2. The standard InChI is InChI=1S/C20H21F3N2O3/c1-25-7-6-12-4-5-14(8-13(12)11-25)24-19(26)15-9-16(20(21,22)23)18(28-3)10-17(15)27-2/h4-5,8-10H,6-7,11H2,1-3H3,(H,24,26). The number of hydrogen-bond acceptors (Lipinski definition) is 4. The van der Waals surface area contributed by atoms with Crippen LogP contribution in [-0.4, -0.2) is 38.6 Å². The third-order valence-electron chi connectivity index (χ3n) is 4.74. The summed E-state index contributed by atoms with van der Waals surface area (Å²) in [6.45, 7) is 1.71. The van der Waals surface area contributed by atoms with Crippen LogP contribution in [0.2, 0.25) is 0 Å². The summed E-state index contributed by atoms with van der Waals surface area (Å²) in [6, 6.07) is 7.36. The second-order valence-corrected chi connectivity index (χ2v) is 6.68. The number of nitrogens with one attached hydrogen (secondary N) is 1. The van der Waals surface area contributed by atoms with Crippen LogP contribution >= 0.6 is 0 Å². The van der Waals surface area contributed by atoms with Gasteiger partial charge in [-0.15, -0.1) is 0 Å². The Kier molecular flexibility index (Phi) is 5.51. The number of amides is 1. The fourth-order valence-electron chi connectivity index (χ4n) is 3.27. The molecule has 0 saturated heterocycles. The molecular weight excluding hydrogens is 373 g/mol. The van der Waals surface area contributed by atoms with Crippen LogP contribution < -0.4 is 14.8 Å². The van der Waals surface area contributed by atoms with Gasteiger partial charge in [0.25, 0.3) is 5.91 Å². The van der Waals surface area contributed by atoms with E-state index in [1.165, 1.54) is 12.7 Å². The lowest BCUT2D eigenvalue weighted by Crippen LogP contribution is -2.26. The number of halogens is 3. The van der Waals surface area contributed by atoms with Crippen LogP contribution in [0.1, 0.15) is 27.0 Å². The molecule has 0 bridgehead atoms. The van der Waals surface area contributed by atoms with Crippen LogP contribution in [0.5, 0.6) is 11.5 Å². The summed E-state index contributed by atoms with van der Waals surface area (Å²) < 4.78 is 49.8. The van der Waals surface area contributed by atoms with Gasteiger partial charge < -0.3 is 19.7 Å². The molecule has 0 atom stereocenters. The smallest absolute Gasteiger partial charge is 0.419 e. The predicted molar refractivity (Wildman–Crippen MR) is 99.0 cm³/mol. The van der Waals surface area contributed by atoms with Crippen LogP contribution in [0.3, 0.4) is 0 Å². The van der Waals surface area contributed by atoms with Crippen molar-refractivity contribution in [3.63, 3.8) is 0 Å². The second-order valence-electron chi connectivity index (χ2n) is 6.68. The highest BCUT2D eigenvalue weighted by molar-refractivity contribution is 6.06. The van der Waals surface area contributed by atoms with Gasteiger partial charge in [-0.25, -0.2) is 0 Å². The van der Waals surface area contributed by atoms with E-state index < -0.39 is 23.4 Å². The van der Waals surface area contributed by atoms with Crippen LogP contribution in [0, 0.1) is 0 Å². The van der Waals surface area contributed by atoms with E-state index in [1.54, 1.807) is 6.07 Å². The van der Waals surface area contributed by atoms with E-state index in [9.17, 15) is 18.0 Å². The molecule has 1 heterocycles. The number of fused-ring (bicyclic) bond motifs is 1. The minimum Gasteiger partial charge on any atom is -0.496 e. The van der Waals surface area contributed by atoms with Crippen molar-refractivity contribution in [2.75, 3.05) is 33.1 Å². The summed E-state index contributed by atoms with van der Waals surface area (Å²) >= 11 is 0. The number of hydrogen-bond donors (Lipinski definition) is 1. The van der Waals surface area contributed by atoms with E-state index in [2.05, 4.69) is 10.2 Å². The number of methoxy groups -OCH3 is 2. The van der Waals surface area contributed by atoms with Crippen LogP contribution in [0.25, 0.3) is 0 Å². The molecule has 0 aliphatic carbocycles. The molecule has 1 N–H and O–H groups in total. The van der Waals surface area contributed by atoms with E-state index in [4.69, 9.17) is 9.47 Å². The summed E-state index contributed by atoms with van der Waals surface area (Å²) in [5, 5.41) is 2.67. The molecule has 8 heteroatoms. The summed E-state index contributed by atoms with van der Waals surface area (Å²) in [5.74, 6) is -1.09. The second kappa shape index (κ2) is 7.71. The number of carbonyl (C=O) groups excluding carboxylic acids is 1. The average molecular weight is 394 g/mol. The van der Waals surface area contributed by atoms with E-state index in [1.807, 2.05) is 19.2 Å². The molecule has 0 aromatic heterocycles. The number of likely N-dealkylation sites (N-methyl/N-ethyl adjacent to an activating group) is 1. The topological polar surface area (TPSA) is 50.8 Å². The first-order valence-corrected chi connectivity index (χ1v) is 8.68. The largest absolute Gasteiger partial charge is 0.496 e. The fourth-order valence-corrected chi connectivity index (χ4v) is 3.27. The molecule has 1 aliphatic heterocycles. The molecule has 150 valence electrons. The maximum atomic E-state index is 13.3. The third kappa shape index (κ3) is 4.06. The lowest BCUT2D eigenvalue weighted by atomic mass is 9.99. The van der Waals surface area contributed by atoms with Gasteiger partial charge in [-0.3, -0.25) is 4.79 Å². The Labute approximate surface area is 161 Å². The minimum absolute atomic E-state index is 0.0000401. The Morgan fingerprint density at radius 2 is 1.79 bits per heavy atom. The van der Waals surface area contributed by atoms with Crippen molar-refractivity contribution in [3.8, 4) is 11.5 Å². The highest BCUT2D eigenvalue weighted by Gasteiger charge is 2.36. The molecule has 2 aromatic rings. The first-order valence-electron chi connectivity index (χ1n) is 8.68. The highest BCUT2D eigenvalue weighted by atomic mass is 19.4. The van der Waals surface area contributed by atoms with E-state index in [-0.39, 0.29) is 11.3 Å². The number of nitrogens with zero attached hydrogens (tertiary/aromatic N) is 1. The van der Waals surface area contributed by atoms with Crippen molar-refractivity contribution >= 4 is 11.6 Å². The Balaban J connectivity index is 1.93. The number of anilines is 1. The zero-order valence-electron chi connectivity index (χ0n) is 15.8. The number of benzene rings is 2. The van der Waals surface area contributed by atoms with Gasteiger partial charge in [-0.1, -0.05) is 6.07 Å². The van der Waals surface area contributed by atoms with Crippen molar-refractivity contribution in [3.05, 3.63) is 52.6 Å². The Hall–Kier alpha value is -2.74. The van der Waals surface area contributed by atoms with Crippen LogP contribution in [0.15, 0.2) is 30.3 Å². The van der Waals surface area contributed by atoms with Gasteiger partial charge >= 0.3 is 6.18 Å². The molecule has 0 saturated carbocycles. The zero-order valence-corrected chi connectivity index (χ0v) is 15.8. The Bertz CT molecular complexity index is 897. The van der Waals surface area contributed by atoms with Gasteiger partial charge in [0, 0.05) is 24.8 Å². The van der Waals surface area contributed by atoms with Crippen molar-refractivity contribution < 1.29 is 27.4 Å². The van der Waals surface area contributed by atoms with Gasteiger partial charge in [0.05, 0.1) is 25.3 Å². The molecule has 0 unspecified atom stereocenters. The molecule has 0 radical (unpaired) electrons. The van der Waals surface area contributed by atoms with Gasteiger partial charge in [0.15, 0.2) is 0 Å². The normalized spacial score (nSPS) is 14.4. The molecule has 1 aliphatic rings. The van der Waals surface area contributed by atoms with Crippen molar-refractivity contribution in [1.82, 2.24) is 4.90 Å².